The van der Waals surface area contributed by atoms with E-state index < -0.39 is 0 Å². The summed E-state index contributed by atoms with van der Waals surface area (Å²) in [7, 11) is 0. The summed E-state index contributed by atoms with van der Waals surface area (Å²) in [5.41, 5.74) is 14.0. The fourth-order valence-corrected chi connectivity index (χ4v) is 8.56. The summed E-state index contributed by atoms with van der Waals surface area (Å²) < 4.78 is 6.37. The van der Waals surface area contributed by atoms with Gasteiger partial charge in [0.25, 0.3) is 0 Å². The summed E-state index contributed by atoms with van der Waals surface area (Å²) in [6.45, 7) is 0. The molecule has 1 aromatic heterocycles. The lowest BCUT2D eigenvalue weighted by Crippen LogP contribution is -1.91. The summed E-state index contributed by atoms with van der Waals surface area (Å²) in [5, 5.41) is 10.0. The number of para-hydroxylation sites is 2. The van der Waals surface area contributed by atoms with Gasteiger partial charge in [0.15, 0.2) is 0 Å². The quantitative estimate of drug-likeness (QED) is 0.166. The predicted octanol–water partition coefficient (Wildman–Crippen LogP) is 14.8. The van der Waals surface area contributed by atoms with Gasteiger partial charge in [-0.2, -0.15) is 0 Å². The number of hydrogen-bond acceptors (Lipinski definition) is 1. The van der Waals surface area contributed by atoms with Crippen molar-refractivity contribution in [2.24, 2.45) is 0 Å². The second-order valence-electron chi connectivity index (χ2n) is 14.0. The fourth-order valence-electron chi connectivity index (χ4n) is 8.56. The molecular formula is C52H32O. The average molecular weight is 673 g/mol. The monoisotopic (exact) mass is 672 g/mol. The van der Waals surface area contributed by atoms with Gasteiger partial charge in [-0.15, -0.1) is 0 Å². The minimum Gasteiger partial charge on any atom is -0.455 e. The largest absolute Gasteiger partial charge is 0.455 e. The number of hydrogen-bond donors (Lipinski definition) is 0. The minimum atomic E-state index is 0.920. The second-order valence-corrected chi connectivity index (χ2v) is 14.0. The molecule has 0 bridgehead atoms. The van der Waals surface area contributed by atoms with Crippen molar-refractivity contribution in [3.63, 3.8) is 0 Å². The molecule has 0 saturated heterocycles. The summed E-state index contributed by atoms with van der Waals surface area (Å²) in [6.07, 6.45) is 0. The lowest BCUT2D eigenvalue weighted by atomic mass is 9.85. The molecular weight excluding hydrogens is 641 g/mol. The molecule has 0 saturated carbocycles. The molecule has 0 unspecified atom stereocenters. The molecule has 1 nitrogen and oxygen atoms in total. The molecule has 0 aliphatic carbocycles. The SMILES string of the molecule is c1ccc(-c2cccc(-c3ccccc3-c3ccc4ccc5c(-c6ccc(-c7cccc8c7oc7ccccc78)cc6)ccc6ccc3c4c65)c2)cc1. The molecule has 0 fully saturated rings. The van der Waals surface area contributed by atoms with Gasteiger partial charge < -0.3 is 4.42 Å². The van der Waals surface area contributed by atoms with Crippen molar-refractivity contribution in [1.82, 2.24) is 0 Å². The minimum absolute atomic E-state index is 0.920. The van der Waals surface area contributed by atoms with Crippen LogP contribution in [-0.4, -0.2) is 0 Å². The Morgan fingerprint density at radius 1 is 0.264 bits per heavy atom. The van der Waals surface area contributed by atoms with Gasteiger partial charge in [-0.05, 0) is 94.5 Å². The van der Waals surface area contributed by atoms with Crippen LogP contribution in [-0.2, 0) is 0 Å². The average Bonchev–Trinajstić information content (AvgIpc) is 3.62. The second kappa shape index (κ2) is 11.8. The molecule has 0 aliphatic rings. The summed E-state index contributed by atoms with van der Waals surface area (Å²) in [5.74, 6) is 0. The van der Waals surface area contributed by atoms with Crippen molar-refractivity contribution >= 4 is 54.3 Å². The van der Waals surface area contributed by atoms with Crippen molar-refractivity contribution in [3.05, 3.63) is 194 Å². The van der Waals surface area contributed by atoms with Crippen LogP contribution < -0.4 is 0 Å². The van der Waals surface area contributed by atoms with Gasteiger partial charge in [0.1, 0.15) is 11.2 Å². The maximum atomic E-state index is 6.37. The Balaban J connectivity index is 1.04. The van der Waals surface area contributed by atoms with Crippen LogP contribution in [0.2, 0.25) is 0 Å². The van der Waals surface area contributed by atoms with Crippen LogP contribution >= 0.6 is 0 Å². The van der Waals surface area contributed by atoms with Crippen LogP contribution in [0.3, 0.4) is 0 Å². The summed E-state index contributed by atoms with van der Waals surface area (Å²) >= 11 is 0. The number of benzene rings is 10. The molecule has 1 heteroatoms. The van der Waals surface area contributed by atoms with Gasteiger partial charge in [-0.3, -0.25) is 0 Å². The van der Waals surface area contributed by atoms with E-state index in [4.69, 9.17) is 4.42 Å². The third-order valence-electron chi connectivity index (χ3n) is 11.1. The lowest BCUT2D eigenvalue weighted by Gasteiger charge is -2.18. The van der Waals surface area contributed by atoms with Crippen LogP contribution in [0, 0.1) is 0 Å². The highest BCUT2D eigenvalue weighted by molar-refractivity contribution is 6.28. The van der Waals surface area contributed by atoms with E-state index in [1.807, 2.05) is 12.1 Å². The molecule has 0 atom stereocenters. The first-order valence-corrected chi connectivity index (χ1v) is 18.3. The van der Waals surface area contributed by atoms with Crippen molar-refractivity contribution in [2.75, 3.05) is 0 Å². The van der Waals surface area contributed by atoms with Crippen molar-refractivity contribution < 1.29 is 4.42 Å². The standard InChI is InChI=1S/C52H32O/c1-2-10-33(11-3-1)38-12-8-13-39(32-38)40-14-4-5-15-43(40)44-29-25-37-26-30-46-41(28-24-36-27-31-47(44)51(37)50(36)46)34-20-22-35(23-21-34)42-17-9-18-48-45-16-6-7-19-49(45)53-52(42)48/h1-32H. The highest BCUT2D eigenvalue weighted by Crippen LogP contribution is 2.45. The van der Waals surface area contributed by atoms with E-state index in [-0.39, 0.29) is 0 Å². The first-order chi connectivity index (χ1) is 26.3. The zero-order chi connectivity index (χ0) is 34.9. The summed E-state index contributed by atoms with van der Waals surface area (Å²) in [6, 6.07) is 70.5. The van der Waals surface area contributed by atoms with Gasteiger partial charge >= 0.3 is 0 Å². The molecule has 10 aromatic carbocycles. The Labute approximate surface area is 307 Å². The molecule has 0 amide bonds. The molecule has 1 heterocycles. The smallest absolute Gasteiger partial charge is 0.143 e. The molecule has 11 aromatic rings. The van der Waals surface area contributed by atoms with E-state index >= 15 is 0 Å². The highest BCUT2D eigenvalue weighted by atomic mass is 16.3. The molecule has 11 rings (SSSR count). The Bertz CT molecular complexity index is 3150. The van der Waals surface area contributed by atoms with Crippen LogP contribution in [0.4, 0.5) is 0 Å². The third kappa shape index (κ3) is 4.71. The van der Waals surface area contributed by atoms with E-state index in [1.54, 1.807) is 0 Å². The predicted molar refractivity (Wildman–Crippen MR) is 225 cm³/mol. The Kier molecular flexibility index (Phi) is 6.62. The van der Waals surface area contributed by atoms with E-state index in [0.717, 1.165) is 33.1 Å². The number of rotatable bonds is 5. The molecule has 0 N–H and O–H groups in total. The Morgan fingerprint density at radius 2 is 0.811 bits per heavy atom. The van der Waals surface area contributed by atoms with E-state index in [0.29, 0.717) is 0 Å². The Hall–Kier alpha value is -6.96. The fraction of sp³-hybridized carbons (Fsp3) is 0. The zero-order valence-corrected chi connectivity index (χ0v) is 28.9. The van der Waals surface area contributed by atoms with Gasteiger partial charge in [0, 0.05) is 16.3 Å². The van der Waals surface area contributed by atoms with Crippen LogP contribution in [0.1, 0.15) is 0 Å². The first-order valence-electron chi connectivity index (χ1n) is 18.3. The maximum Gasteiger partial charge on any atom is 0.143 e. The van der Waals surface area contributed by atoms with E-state index in [1.165, 1.54) is 76.8 Å². The third-order valence-corrected chi connectivity index (χ3v) is 11.1. The molecule has 0 aliphatic heterocycles. The normalized spacial score (nSPS) is 11.8. The summed E-state index contributed by atoms with van der Waals surface area (Å²) in [4.78, 5) is 0. The van der Waals surface area contributed by atoms with Crippen LogP contribution in [0.15, 0.2) is 199 Å². The van der Waals surface area contributed by atoms with Crippen LogP contribution in [0.5, 0.6) is 0 Å². The zero-order valence-electron chi connectivity index (χ0n) is 28.9. The molecule has 0 spiro atoms. The van der Waals surface area contributed by atoms with E-state index in [9.17, 15) is 0 Å². The van der Waals surface area contributed by atoms with E-state index in [2.05, 4.69) is 182 Å². The Morgan fingerprint density at radius 3 is 1.60 bits per heavy atom. The van der Waals surface area contributed by atoms with Gasteiger partial charge in [-0.1, -0.05) is 182 Å². The van der Waals surface area contributed by atoms with Crippen LogP contribution in [0.25, 0.3) is 110 Å². The lowest BCUT2D eigenvalue weighted by molar-refractivity contribution is 0.670. The number of furan rings is 1. The van der Waals surface area contributed by atoms with Gasteiger partial charge in [0.2, 0.25) is 0 Å². The van der Waals surface area contributed by atoms with Gasteiger partial charge in [-0.25, -0.2) is 0 Å². The van der Waals surface area contributed by atoms with Crippen molar-refractivity contribution in [1.29, 1.82) is 0 Å². The topological polar surface area (TPSA) is 13.1 Å². The number of fused-ring (bicyclic) bond motifs is 3. The molecule has 0 radical (unpaired) electrons. The highest BCUT2D eigenvalue weighted by Gasteiger charge is 2.18. The molecule has 53 heavy (non-hydrogen) atoms. The first kappa shape index (κ1) is 29.7. The van der Waals surface area contributed by atoms with Gasteiger partial charge in [0.05, 0.1) is 0 Å². The maximum absolute atomic E-state index is 6.37. The molecule has 246 valence electrons. The van der Waals surface area contributed by atoms with Crippen molar-refractivity contribution in [3.8, 4) is 55.6 Å². The van der Waals surface area contributed by atoms with Crippen molar-refractivity contribution in [2.45, 2.75) is 0 Å².